The van der Waals surface area contributed by atoms with E-state index in [1.165, 1.54) is 0 Å². The van der Waals surface area contributed by atoms with E-state index in [-0.39, 0.29) is 16.9 Å². The van der Waals surface area contributed by atoms with E-state index < -0.39 is 9.84 Å². The lowest BCUT2D eigenvalue weighted by atomic mass is 9.76. The Balaban J connectivity index is 2.69. The Kier molecular flexibility index (Phi) is 6.37. The molecule has 0 N–H and O–H groups in total. The molecule has 1 aliphatic rings. The molecule has 0 aromatic heterocycles. The van der Waals surface area contributed by atoms with Gasteiger partial charge in [-0.2, -0.15) is 0 Å². The zero-order valence-corrected chi connectivity index (χ0v) is 15.9. The van der Waals surface area contributed by atoms with Crippen molar-refractivity contribution in [3.63, 3.8) is 0 Å². The van der Waals surface area contributed by atoms with E-state index in [4.69, 9.17) is 4.74 Å². The van der Waals surface area contributed by atoms with Crippen LogP contribution in [0.5, 0.6) is 0 Å². The summed E-state index contributed by atoms with van der Waals surface area (Å²) < 4.78 is 29.2. The second kappa shape index (κ2) is 6.75. The normalized spacial score (nSPS) is 23.7. The van der Waals surface area contributed by atoms with Crippen molar-refractivity contribution in [2.75, 3.05) is 28.8 Å². The highest BCUT2D eigenvalue weighted by Crippen LogP contribution is 2.42. The van der Waals surface area contributed by atoms with E-state index >= 15 is 0 Å². The molecule has 0 aliphatic carbocycles. The fourth-order valence-electron chi connectivity index (χ4n) is 2.43. The smallest absolute Gasteiger partial charge is 0.150 e. The summed E-state index contributed by atoms with van der Waals surface area (Å²) in [5.41, 5.74) is -0.180. The molecule has 0 bridgehead atoms. The number of alkyl halides is 2. The van der Waals surface area contributed by atoms with Crippen LogP contribution in [0.3, 0.4) is 0 Å². The minimum absolute atomic E-state index is 0.0329. The SMILES string of the molecule is CC(C)(C)OCCC(CBr)(CBr)C1CCS(=O)(=O)C1. The van der Waals surface area contributed by atoms with Gasteiger partial charge in [-0.1, -0.05) is 31.9 Å². The van der Waals surface area contributed by atoms with Crippen LogP contribution in [0.25, 0.3) is 0 Å². The molecule has 0 amide bonds. The first-order valence-electron chi connectivity index (χ1n) is 6.60. The molecule has 1 unspecified atom stereocenters. The summed E-state index contributed by atoms with van der Waals surface area (Å²) in [5, 5.41) is 1.61. The lowest BCUT2D eigenvalue weighted by molar-refractivity contribution is -0.0190. The number of rotatable bonds is 6. The van der Waals surface area contributed by atoms with Gasteiger partial charge in [0.25, 0.3) is 0 Å². The van der Waals surface area contributed by atoms with Crippen molar-refractivity contribution in [1.82, 2.24) is 0 Å². The number of sulfone groups is 1. The van der Waals surface area contributed by atoms with E-state index in [9.17, 15) is 8.42 Å². The molecule has 1 aliphatic heterocycles. The Morgan fingerprint density at radius 3 is 2.16 bits per heavy atom. The lowest BCUT2D eigenvalue weighted by Gasteiger charge is -2.36. The van der Waals surface area contributed by atoms with Crippen molar-refractivity contribution in [2.24, 2.45) is 11.3 Å². The fraction of sp³-hybridized carbons (Fsp3) is 1.00. The van der Waals surface area contributed by atoms with Crippen LogP contribution in [0.15, 0.2) is 0 Å². The monoisotopic (exact) mass is 418 g/mol. The zero-order chi connectivity index (χ0) is 14.7. The molecule has 1 rings (SSSR count). The van der Waals surface area contributed by atoms with Crippen LogP contribution in [-0.2, 0) is 14.6 Å². The van der Waals surface area contributed by atoms with E-state index in [1.54, 1.807) is 0 Å². The molecular formula is C13H24Br2O3S. The van der Waals surface area contributed by atoms with Gasteiger partial charge in [0.2, 0.25) is 0 Å². The second-order valence-electron chi connectivity index (χ2n) is 6.44. The predicted octanol–water partition coefficient (Wildman–Crippen LogP) is 3.40. The third kappa shape index (κ3) is 5.29. The van der Waals surface area contributed by atoms with Gasteiger partial charge in [0.1, 0.15) is 0 Å². The molecule has 6 heteroatoms. The standard InChI is InChI=1S/C13H24Br2O3S/c1-12(2,3)18-6-5-13(9-14,10-15)11-4-7-19(16,17)8-11/h11H,4-10H2,1-3H3. The van der Waals surface area contributed by atoms with Gasteiger partial charge in [-0.05, 0) is 44.9 Å². The summed E-state index contributed by atoms with van der Waals surface area (Å²) in [5.74, 6) is 0.874. The van der Waals surface area contributed by atoms with Gasteiger partial charge in [-0.3, -0.25) is 0 Å². The number of ether oxygens (including phenoxy) is 1. The molecule has 0 radical (unpaired) electrons. The van der Waals surface area contributed by atoms with Gasteiger partial charge >= 0.3 is 0 Å². The Morgan fingerprint density at radius 2 is 1.79 bits per heavy atom. The molecule has 114 valence electrons. The third-order valence-electron chi connectivity index (χ3n) is 3.77. The first kappa shape index (κ1) is 17.9. The molecule has 19 heavy (non-hydrogen) atoms. The van der Waals surface area contributed by atoms with Crippen LogP contribution in [0, 0.1) is 11.3 Å². The van der Waals surface area contributed by atoms with Gasteiger partial charge in [0.15, 0.2) is 9.84 Å². The van der Waals surface area contributed by atoms with Crippen LogP contribution in [0.1, 0.15) is 33.6 Å². The van der Waals surface area contributed by atoms with Crippen molar-refractivity contribution in [2.45, 2.75) is 39.2 Å². The highest BCUT2D eigenvalue weighted by molar-refractivity contribution is 9.09. The average Bonchev–Trinajstić information content (AvgIpc) is 2.64. The Morgan fingerprint density at radius 1 is 1.21 bits per heavy atom. The van der Waals surface area contributed by atoms with Crippen molar-refractivity contribution in [3.05, 3.63) is 0 Å². The average molecular weight is 420 g/mol. The first-order chi connectivity index (χ1) is 8.64. The largest absolute Gasteiger partial charge is 0.376 e. The molecule has 0 saturated carbocycles. The summed E-state index contributed by atoms with van der Waals surface area (Å²) in [6.07, 6.45) is 1.65. The summed E-state index contributed by atoms with van der Waals surface area (Å²) in [4.78, 5) is 0. The van der Waals surface area contributed by atoms with Crippen LogP contribution in [0.2, 0.25) is 0 Å². The van der Waals surface area contributed by atoms with E-state index in [2.05, 4.69) is 31.9 Å². The van der Waals surface area contributed by atoms with Crippen LogP contribution in [0.4, 0.5) is 0 Å². The van der Waals surface area contributed by atoms with Gasteiger partial charge in [-0.25, -0.2) is 8.42 Å². The minimum atomic E-state index is -2.83. The van der Waals surface area contributed by atoms with Gasteiger partial charge in [-0.15, -0.1) is 0 Å². The second-order valence-corrected chi connectivity index (χ2v) is 9.79. The lowest BCUT2D eigenvalue weighted by Crippen LogP contribution is -2.37. The molecule has 1 heterocycles. The van der Waals surface area contributed by atoms with Crippen molar-refractivity contribution in [3.8, 4) is 0 Å². The van der Waals surface area contributed by atoms with Crippen molar-refractivity contribution < 1.29 is 13.2 Å². The molecule has 1 atom stereocenters. The summed E-state index contributed by atoms with van der Waals surface area (Å²) in [6.45, 7) is 6.78. The first-order valence-corrected chi connectivity index (χ1v) is 10.7. The van der Waals surface area contributed by atoms with E-state index in [1.807, 2.05) is 20.8 Å². The van der Waals surface area contributed by atoms with E-state index in [0.717, 1.165) is 23.5 Å². The fourth-order valence-corrected chi connectivity index (χ4v) is 6.78. The topological polar surface area (TPSA) is 43.4 Å². The summed E-state index contributed by atoms with van der Waals surface area (Å²) in [6, 6.07) is 0. The molecule has 0 aromatic carbocycles. The van der Waals surface area contributed by atoms with Gasteiger partial charge < -0.3 is 4.74 Å². The maximum absolute atomic E-state index is 11.7. The highest BCUT2D eigenvalue weighted by Gasteiger charge is 2.43. The number of hydrogen-bond acceptors (Lipinski definition) is 3. The van der Waals surface area contributed by atoms with Crippen LogP contribution >= 0.6 is 31.9 Å². The van der Waals surface area contributed by atoms with Gasteiger partial charge in [0.05, 0.1) is 17.1 Å². The zero-order valence-electron chi connectivity index (χ0n) is 11.9. The van der Waals surface area contributed by atoms with Crippen molar-refractivity contribution >= 4 is 41.7 Å². The minimum Gasteiger partial charge on any atom is -0.376 e. The third-order valence-corrected chi connectivity index (χ3v) is 7.77. The molecule has 1 saturated heterocycles. The Bertz CT molecular complexity index is 383. The summed E-state index contributed by atoms with van der Waals surface area (Å²) >= 11 is 7.16. The Labute approximate surface area is 134 Å². The Hall–Kier alpha value is 0.870. The van der Waals surface area contributed by atoms with E-state index in [0.29, 0.717) is 18.1 Å². The highest BCUT2D eigenvalue weighted by atomic mass is 79.9. The van der Waals surface area contributed by atoms with Gasteiger partial charge in [0, 0.05) is 17.3 Å². The maximum atomic E-state index is 11.7. The molecule has 3 nitrogen and oxygen atoms in total. The number of halogens is 2. The quantitative estimate of drug-likeness (QED) is 0.619. The van der Waals surface area contributed by atoms with Crippen molar-refractivity contribution in [1.29, 1.82) is 0 Å². The van der Waals surface area contributed by atoms with Crippen LogP contribution < -0.4 is 0 Å². The number of hydrogen-bond donors (Lipinski definition) is 0. The molecular weight excluding hydrogens is 396 g/mol. The van der Waals surface area contributed by atoms with Crippen LogP contribution in [-0.4, -0.2) is 42.8 Å². The summed E-state index contributed by atoms with van der Waals surface area (Å²) in [7, 11) is -2.83. The molecule has 0 aromatic rings. The molecule has 0 spiro atoms. The molecule has 1 fully saturated rings. The predicted molar refractivity (Wildman–Crippen MR) is 87.1 cm³/mol. The maximum Gasteiger partial charge on any atom is 0.150 e.